The summed E-state index contributed by atoms with van der Waals surface area (Å²) in [5.41, 5.74) is 13.3. The summed E-state index contributed by atoms with van der Waals surface area (Å²) in [6, 6.07) is 13.8. The lowest BCUT2D eigenvalue weighted by Gasteiger charge is -2.25. The quantitative estimate of drug-likeness (QED) is 0.807. The van der Waals surface area contributed by atoms with E-state index in [9.17, 15) is 4.79 Å². The second-order valence-corrected chi connectivity index (χ2v) is 4.81. The zero-order chi connectivity index (χ0) is 15.1. The molecule has 1 amide bonds. The molecule has 2 aromatic rings. The van der Waals surface area contributed by atoms with E-state index in [0.29, 0.717) is 6.54 Å². The smallest absolute Gasteiger partial charge is 0.267 e. The van der Waals surface area contributed by atoms with Gasteiger partial charge in [-0.2, -0.15) is 0 Å². The lowest BCUT2D eigenvalue weighted by atomic mass is 10.2. The monoisotopic (exact) mass is 284 g/mol. The number of rotatable bonds is 7. The highest BCUT2D eigenvalue weighted by Gasteiger charge is 2.10. The first-order chi connectivity index (χ1) is 10.2. The highest BCUT2D eigenvalue weighted by atomic mass is 16.1. The van der Waals surface area contributed by atoms with E-state index in [2.05, 4.69) is 22.0 Å². The first-order valence-corrected chi connectivity index (χ1v) is 6.95. The first-order valence-electron chi connectivity index (χ1n) is 6.95. The van der Waals surface area contributed by atoms with Crippen LogP contribution >= 0.6 is 0 Å². The molecule has 1 heterocycles. The lowest BCUT2D eigenvalue weighted by molar-refractivity contribution is 0.0995. The summed E-state index contributed by atoms with van der Waals surface area (Å²) in [7, 11) is 0. The molecule has 110 valence electrons. The molecule has 5 nitrogen and oxygen atoms in total. The molecule has 0 bridgehead atoms. The number of nitrogens with two attached hydrogens (primary N) is 2. The van der Waals surface area contributed by atoms with E-state index in [4.69, 9.17) is 11.5 Å². The predicted octanol–water partition coefficient (Wildman–Crippen LogP) is 1.54. The van der Waals surface area contributed by atoms with Gasteiger partial charge in [-0.15, -0.1) is 0 Å². The van der Waals surface area contributed by atoms with Gasteiger partial charge in [-0.3, -0.25) is 9.78 Å². The van der Waals surface area contributed by atoms with Gasteiger partial charge < -0.3 is 16.4 Å². The third-order valence-electron chi connectivity index (χ3n) is 3.21. The van der Waals surface area contributed by atoms with Crippen LogP contribution in [0.1, 0.15) is 22.5 Å². The Morgan fingerprint density at radius 1 is 1.19 bits per heavy atom. The van der Waals surface area contributed by atoms with Gasteiger partial charge in [0, 0.05) is 25.0 Å². The van der Waals surface area contributed by atoms with Crippen molar-refractivity contribution in [1.82, 2.24) is 4.98 Å². The Morgan fingerprint density at radius 2 is 1.95 bits per heavy atom. The van der Waals surface area contributed by atoms with E-state index in [0.717, 1.165) is 25.2 Å². The largest absolute Gasteiger partial charge is 0.367 e. The van der Waals surface area contributed by atoms with Crippen molar-refractivity contribution in [3.63, 3.8) is 0 Å². The Morgan fingerprint density at radius 3 is 2.62 bits per heavy atom. The summed E-state index contributed by atoms with van der Waals surface area (Å²) in [4.78, 5) is 17.4. The van der Waals surface area contributed by atoms with Crippen LogP contribution in [0.15, 0.2) is 48.7 Å². The van der Waals surface area contributed by atoms with Crippen molar-refractivity contribution < 1.29 is 4.79 Å². The van der Waals surface area contributed by atoms with Crippen molar-refractivity contribution in [2.75, 3.05) is 18.0 Å². The summed E-state index contributed by atoms with van der Waals surface area (Å²) in [6.07, 6.45) is 2.48. The third kappa shape index (κ3) is 4.29. The summed E-state index contributed by atoms with van der Waals surface area (Å²) in [5.74, 6) is -0.518. The Balaban J connectivity index is 2.22. The van der Waals surface area contributed by atoms with Gasteiger partial charge in [0.1, 0.15) is 5.69 Å². The second kappa shape index (κ2) is 7.40. The molecule has 0 saturated heterocycles. The number of carbonyl (C=O) groups excluding carboxylic acids is 1. The van der Waals surface area contributed by atoms with Gasteiger partial charge in [0.2, 0.25) is 0 Å². The molecule has 1 aromatic heterocycles. The predicted molar refractivity (Wildman–Crippen MR) is 83.9 cm³/mol. The zero-order valence-electron chi connectivity index (χ0n) is 11.9. The highest BCUT2D eigenvalue weighted by molar-refractivity contribution is 5.91. The number of nitrogens with zero attached hydrogens (tertiary/aromatic N) is 2. The van der Waals surface area contributed by atoms with Gasteiger partial charge in [-0.1, -0.05) is 30.3 Å². The molecule has 4 N–H and O–H groups in total. The van der Waals surface area contributed by atoms with Crippen molar-refractivity contribution in [3.05, 3.63) is 59.9 Å². The Hall–Kier alpha value is -2.40. The van der Waals surface area contributed by atoms with Crippen molar-refractivity contribution >= 4 is 11.6 Å². The number of pyridine rings is 1. The van der Waals surface area contributed by atoms with E-state index in [1.54, 1.807) is 12.3 Å². The van der Waals surface area contributed by atoms with Gasteiger partial charge >= 0.3 is 0 Å². The SMILES string of the molecule is NCCCN(Cc1ccccc1)c1ccnc(C(N)=O)c1. The lowest BCUT2D eigenvalue weighted by Crippen LogP contribution is -2.26. The van der Waals surface area contributed by atoms with Crippen LogP contribution in [0.25, 0.3) is 0 Å². The minimum atomic E-state index is -0.518. The van der Waals surface area contributed by atoms with Gasteiger partial charge in [0.15, 0.2) is 0 Å². The summed E-state index contributed by atoms with van der Waals surface area (Å²) in [5, 5.41) is 0. The molecule has 2 rings (SSSR count). The van der Waals surface area contributed by atoms with Crippen LogP contribution in [-0.2, 0) is 6.54 Å². The molecule has 0 aliphatic heterocycles. The van der Waals surface area contributed by atoms with Crippen LogP contribution in [-0.4, -0.2) is 24.0 Å². The molecule has 0 fully saturated rings. The van der Waals surface area contributed by atoms with Crippen LogP contribution < -0.4 is 16.4 Å². The molecule has 0 saturated carbocycles. The minimum absolute atomic E-state index is 0.276. The number of benzene rings is 1. The number of amides is 1. The Labute approximate surface area is 124 Å². The molecule has 5 heteroatoms. The summed E-state index contributed by atoms with van der Waals surface area (Å²) >= 11 is 0. The normalized spacial score (nSPS) is 10.3. The van der Waals surface area contributed by atoms with E-state index < -0.39 is 5.91 Å². The molecule has 1 aromatic carbocycles. The number of primary amides is 1. The average Bonchev–Trinajstić information content (AvgIpc) is 2.52. The molecule has 0 unspecified atom stereocenters. The highest BCUT2D eigenvalue weighted by Crippen LogP contribution is 2.18. The minimum Gasteiger partial charge on any atom is -0.367 e. The van der Waals surface area contributed by atoms with Crippen LogP contribution in [0.4, 0.5) is 5.69 Å². The van der Waals surface area contributed by atoms with Gasteiger partial charge in [0.05, 0.1) is 0 Å². The van der Waals surface area contributed by atoms with E-state index in [1.807, 2.05) is 24.3 Å². The topological polar surface area (TPSA) is 85.2 Å². The Kier molecular flexibility index (Phi) is 5.29. The van der Waals surface area contributed by atoms with Crippen LogP contribution in [0, 0.1) is 0 Å². The van der Waals surface area contributed by atoms with Gasteiger partial charge in [-0.05, 0) is 30.7 Å². The Bertz CT molecular complexity index is 586. The van der Waals surface area contributed by atoms with Crippen molar-refractivity contribution in [2.24, 2.45) is 11.5 Å². The molecule has 0 aliphatic carbocycles. The zero-order valence-corrected chi connectivity index (χ0v) is 11.9. The molecule has 0 spiro atoms. The summed E-state index contributed by atoms with van der Waals surface area (Å²) in [6.45, 7) is 2.19. The molecule has 0 atom stereocenters. The molecular weight excluding hydrogens is 264 g/mol. The number of hydrogen-bond donors (Lipinski definition) is 2. The molecule has 0 aliphatic rings. The maximum atomic E-state index is 11.3. The molecular formula is C16H20N4O. The number of carbonyl (C=O) groups is 1. The van der Waals surface area contributed by atoms with Crippen molar-refractivity contribution in [3.8, 4) is 0 Å². The van der Waals surface area contributed by atoms with Crippen LogP contribution in [0.5, 0.6) is 0 Å². The van der Waals surface area contributed by atoms with E-state index >= 15 is 0 Å². The van der Waals surface area contributed by atoms with E-state index in [1.165, 1.54) is 5.56 Å². The molecule has 21 heavy (non-hydrogen) atoms. The second-order valence-electron chi connectivity index (χ2n) is 4.81. The van der Waals surface area contributed by atoms with Gasteiger partial charge in [-0.25, -0.2) is 0 Å². The maximum absolute atomic E-state index is 11.3. The fourth-order valence-electron chi connectivity index (χ4n) is 2.14. The number of aromatic nitrogens is 1. The standard InChI is InChI=1S/C16H20N4O/c17-8-4-10-20(12-13-5-2-1-3-6-13)14-7-9-19-15(11-14)16(18)21/h1-3,5-7,9,11H,4,8,10,12,17H2,(H2,18,21). The van der Waals surface area contributed by atoms with Crippen LogP contribution in [0.3, 0.4) is 0 Å². The summed E-state index contributed by atoms with van der Waals surface area (Å²) < 4.78 is 0. The van der Waals surface area contributed by atoms with Crippen molar-refractivity contribution in [2.45, 2.75) is 13.0 Å². The average molecular weight is 284 g/mol. The maximum Gasteiger partial charge on any atom is 0.267 e. The van der Waals surface area contributed by atoms with Gasteiger partial charge in [0.25, 0.3) is 5.91 Å². The van der Waals surface area contributed by atoms with Crippen molar-refractivity contribution in [1.29, 1.82) is 0 Å². The van der Waals surface area contributed by atoms with E-state index in [-0.39, 0.29) is 5.69 Å². The fourth-order valence-corrected chi connectivity index (χ4v) is 2.14. The fraction of sp³-hybridized carbons (Fsp3) is 0.250. The number of anilines is 1. The van der Waals surface area contributed by atoms with Crippen LogP contribution in [0.2, 0.25) is 0 Å². The molecule has 0 radical (unpaired) electrons. The first kappa shape index (κ1) is 15.0. The number of hydrogen-bond acceptors (Lipinski definition) is 4. The third-order valence-corrected chi connectivity index (χ3v) is 3.21.